The zero-order valence-electron chi connectivity index (χ0n) is 9.43. The molecule has 0 amide bonds. The third kappa shape index (κ3) is 22.0. The van der Waals surface area contributed by atoms with Crippen LogP contribution in [0.15, 0.2) is 24.3 Å². The molecule has 0 aliphatic heterocycles. The Kier molecular flexibility index (Phi) is 14.0. The van der Waals surface area contributed by atoms with Gasteiger partial charge in [0.15, 0.2) is 0 Å². The maximum atomic E-state index is 10.0. The quantitative estimate of drug-likeness (QED) is 0.245. The molecule has 1 aromatic carbocycles. The molecule has 0 radical (unpaired) electrons. The van der Waals surface area contributed by atoms with E-state index in [1.807, 2.05) is 0 Å². The van der Waals surface area contributed by atoms with Gasteiger partial charge in [0.25, 0.3) is 10.4 Å². The van der Waals surface area contributed by atoms with Gasteiger partial charge in [-0.15, -0.1) is 12.1 Å². The third-order valence-electron chi connectivity index (χ3n) is 0.886. The molecule has 0 heterocycles. The van der Waals surface area contributed by atoms with Crippen molar-refractivity contribution in [2.24, 2.45) is 0 Å². The molecule has 0 fully saturated rings. The third-order valence-corrected chi connectivity index (χ3v) is 1.28. The van der Waals surface area contributed by atoms with Crippen LogP contribution in [0.4, 0.5) is 0 Å². The summed E-state index contributed by atoms with van der Waals surface area (Å²) in [6, 6.07) is 8.19. The number of hydrogen-bond donors (Lipinski definition) is 1. The van der Waals surface area contributed by atoms with Crippen LogP contribution < -0.4 is 63.3 Å². The molecule has 92 valence electrons. The standard InChI is InChI=1S/C6H5O4S.2Na.H2O4S/c7-11(8,9)10-6-4-2-1-3-5-6;;;1-5(2,3)4/h2-5H,(H,7,8,9);;;(H2,1,2,3,4)/q-1;2*+1;/p-2. The zero-order valence-corrected chi connectivity index (χ0v) is 15.1. The molecule has 0 bridgehead atoms. The Bertz CT molecular complexity index is 504. The Balaban J connectivity index is -0.000000282. The van der Waals surface area contributed by atoms with Crippen molar-refractivity contribution < 1.29 is 93.8 Å². The summed E-state index contributed by atoms with van der Waals surface area (Å²) in [5.74, 6) is -0.00116. The van der Waals surface area contributed by atoms with Gasteiger partial charge in [-0.05, 0) is 0 Å². The van der Waals surface area contributed by atoms with Crippen molar-refractivity contribution in [1.82, 2.24) is 0 Å². The largest absolute Gasteiger partial charge is 1.00 e. The average molecular weight is 315 g/mol. The van der Waals surface area contributed by atoms with Gasteiger partial charge in [-0.3, -0.25) is 4.55 Å². The van der Waals surface area contributed by atoms with E-state index in [1.54, 1.807) is 0 Å². The van der Waals surface area contributed by atoms with Crippen LogP contribution in [0.5, 0.6) is 5.75 Å². The Morgan fingerprint density at radius 1 is 1.06 bits per heavy atom. The Hall–Kier alpha value is 0.800. The molecule has 1 aromatic rings. The average Bonchev–Trinajstić information content (AvgIpc) is 1.99. The van der Waals surface area contributed by atoms with Crippen LogP contribution in [0.3, 0.4) is 0 Å². The second-order valence-electron chi connectivity index (χ2n) is 2.16. The summed E-state index contributed by atoms with van der Waals surface area (Å²) in [5, 5.41) is 0. The van der Waals surface area contributed by atoms with E-state index in [2.05, 4.69) is 10.2 Å². The van der Waals surface area contributed by atoms with Gasteiger partial charge >= 0.3 is 59.1 Å². The fourth-order valence-electron chi connectivity index (χ4n) is 0.545. The van der Waals surface area contributed by atoms with Crippen LogP contribution >= 0.6 is 0 Å². The molecule has 0 unspecified atom stereocenters. The van der Waals surface area contributed by atoms with Crippen LogP contribution in [0.2, 0.25) is 0 Å². The molecule has 18 heavy (non-hydrogen) atoms. The van der Waals surface area contributed by atoms with E-state index >= 15 is 0 Å². The predicted octanol–water partition coefficient (Wildman–Crippen LogP) is -6.66. The normalized spacial score (nSPS) is 9.94. The predicted molar refractivity (Wildman–Crippen MR) is 47.9 cm³/mol. The van der Waals surface area contributed by atoms with Crippen molar-refractivity contribution in [2.75, 3.05) is 0 Å². The van der Waals surface area contributed by atoms with Crippen LogP contribution in [0.1, 0.15) is 0 Å². The fraction of sp³-hybridized carbons (Fsp3) is 0. The van der Waals surface area contributed by atoms with E-state index in [0.717, 1.165) is 0 Å². The second-order valence-corrected chi connectivity index (χ2v) is 3.99. The monoisotopic (exact) mass is 315 g/mol. The van der Waals surface area contributed by atoms with Gasteiger partial charge < -0.3 is 13.3 Å². The molecule has 0 saturated carbocycles. The SMILES string of the molecule is O=S(=O)([O-])O.O=S(=O)([O-])Oc1cc[c-]cc1.[Na+].[Na+]. The van der Waals surface area contributed by atoms with Crippen LogP contribution in [0.25, 0.3) is 0 Å². The smallest absolute Gasteiger partial charge is 0.726 e. The second kappa shape index (κ2) is 10.6. The maximum absolute atomic E-state index is 10.0. The van der Waals surface area contributed by atoms with E-state index in [0.29, 0.717) is 0 Å². The van der Waals surface area contributed by atoms with Gasteiger partial charge in [-0.25, -0.2) is 16.8 Å². The van der Waals surface area contributed by atoms with E-state index in [1.165, 1.54) is 24.3 Å². The number of hydrogen-bond acceptors (Lipinski definition) is 7. The molecule has 0 aliphatic carbocycles. The number of rotatable bonds is 2. The Morgan fingerprint density at radius 3 is 1.67 bits per heavy atom. The van der Waals surface area contributed by atoms with Crippen molar-refractivity contribution in [1.29, 1.82) is 0 Å². The summed E-state index contributed by atoms with van der Waals surface area (Å²) in [6.07, 6.45) is 0. The zero-order chi connectivity index (χ0) is 12.8. The minimum absolute atomic E-state index is 0. The first-order valence-corrected chi connectivity index (χ1v) is 6.07. The van der Waals surface area contributed by atoms with E-state index < -0.39 is 20.8 Å². The summed E-state index contributed by atoms with van der Waals surface area (Å²) in [7, 11) is -9.56. The van der Waals surface area contributed by atoms with Crippen molar-refractivity contribution in [3.05, 3.63) is 30.3 Å². The summed E-state index contributed by atoms with van der Waals surface area (Å²) < 4.78 is 66.9. The van der Waals surface area contributed by atoms with Gasteiger partial charge in [-0.1, -0.05) is 0 Å². The molecule has 1 rings (SSSR count). The van der Waals surface area contributed by atoms with Crippen LogP contribution in [-0.4, -0.2) is 30.5 Å². The topological polar surface area (TPSA) is 144 Å². The van der Waals surface area contributed by atoms with Gasteiger partial charge in [0.2, 0.25) is 10.4 Å². The molecular weight excluding hydrogens is 310 g/mol. The first kappa shape index (κ1) is 23.9. The van der Waals surface area contributed by atoms with E-state index in [9.17, 15) is 13.0 Å². The summed E-state index contributed by atoms with van der Waals surface area (Å²) in [4.78, 5) is 0. The summed E-state index contributed by atoms with van der Waals surface area (Å²) in [6.45, 7) is 0. The van der Waals surface area contributed by atoms with Crippen molar-refractivity contribution in [3.8, 4) is 5.75 Å². The van der Waals surface area contributed by atoms with Crippen molar-refractivity contribution >= 4 is 20.8 Å². The molecule has 0 aromatic heterocycles. The van der Waals surface area contributed by atoms with Gasteiger partial charge in [-0.2, -0.15) is 18.2 Å². The number of benzene rings is 1. The molecule has 12 heteroatoms. The summed E-state index contributed by atoms with van der Waals surface area (Å²) >= 11 is 0. The van der Waals surface area contributed by atoms with Gasteiger partial charge in [0.1, 0.15) is 0 Å². The van der Waals surface area contributed by atoms with E-state index in [4.69, 9.17) is 17.5 Å². The van der Waals surface area contributed by atoms with Crippen LogP contribution in [0, 0.1) is 6.07 Å². The maximum Gasteiger partial charge on any atom is 1.00 e. The first-order chi connectivity index (χ1) is 7.08. The fourth-order valence-corrected chi connectivity index (χ4v) is 0.892. The Morgan fingerprint density at radius 2 is 1.39 bits per heavy atom. The van der Waals surface area contributed by atoms with Crippen molar-refractivity contribution in [2.45, 2.75) is 0 Å². The molecule has 0 aliphatic rings. The minimum atomic E-state index is -4.92. The molecule has 0 atom stereocenters. The molecule has 8 nitrogen and oxygen atoms in total. The first-order valence-electron chi connectivity index (χ1n) is 3.37. The van der Waals surface area contributed by atoms with Gasteiger partial charge in [0, 0.05) is 5.75 Å². The van der Waals surface area contributed by atoms with E-state index in [-0.39, 0.29) is 64.9 Å². The molecule has 0 spiro atoms. The Labute approximate surface area is 149 Å². The summed E-state index contributed by atoms with van der Waals surface area (Å²) in [5.41, 5.74) is 0. The minimum Gasteiger partial charge on any atom is -0.726 e. The van der Waals surface area contributed by atoms with Crippen molar-refractivity contribution in [3.63, 3.8) is 0 Å². The molecule has 1 N–H and O–H groups in total. The molecular formula is C6H5Na2O8S2-. The van der Waals surface area contributed by atoms with Crippen LogP contribution in [-0.2, 0) is 20.8 Å². The van der Waals surface area contributed by atoms with Gasteiger partial charge in [0.05, 0.1) is 0 Å². The molecule has 0 saturated heterocycles.